The number of hydrogen-bond donors (Lipinski definition) is 1. The molecule has 2 aromatic carbocycles. The van der Waals surface area contributed by atoms with Gasteiger partial charge in [0, 0.05) is 17.1 Å². The molecule has 0 atom stereocenters. The minimum atomic E-state index is -0.307. The van der Waals surface area contributed by atoms with Crippen molar-refractivity contribution in [2.24, 2.45) is 0 Å². The summed E-state index contributed by atoms with van der Waals surface area (Å²) < 4.78 is 11.3. The first kappa shape index (κ1) is 17.6. The minimum Gasteiger partial charge on any atom is -0.490 e. The molecule has 5 nitrogen and oxygen atoms in total. The SMILES string of the molecule is N#CCC(=O)NCc1ccccc1OCCOc1ccc(Cl)cc1. The Balaban J connectivity index is 1.80. The van der Waals surface area contributed by atoms with Crippen LogP contribution in [0.5, 0.6) is 11.5 Å². The molecular formula is C18H17ClN2O3. The zero-order valence-corrected chi connectivity index (χ0v) is 13.8. The molecule has 0 saturated carbocycles. The van der Waals surface area contributed by atoms with E-state index in [1.807, 2.05) is 30.3 Å². The zero-order valence-electron chi connectivity index (χ0n) is 13.0. The predicted molar refractivity (Wildman–Crippen MR) is 91.0 cm³/mol. The smallest absolute Gasteiger partial charge is 0.234 e. The van der Waals surface area contributed by atoms with Crippen LogP contribution in [0.1, 0.15) is 12.0 Å². The van der Waals surface area contributed by atoms with Gasteiger partial charge in [-0.05, 0) is 30.3 Å². The van der Waals surface area contributed by atoms with Gasteiger partial charge in [0.05, 0.1) is 6.07 Å². The van der Waals surface area contributed by atoms with E-state index in [9.17, 15) is 4.79 Å². The number of hydrogen-bond acceptors (Lipinski definition) is 4. The number of carbonyl (C=O) groups excluding carboxylic acids is 1. The normalized spacial score (nSPS) is 9.83. The molecule has 0 unspecified atom stereocenters. The Morgan fingerprint density at radius 1 is 1.08 bits per heavy atom. The molecule has 0 saturated heterocycles. The molecule has 0 fully saturated rings. The molecule has 2 aromatic rings. The van der Waals surface area contributed by atoms with E-state index < -0.39 is 0 Å². The topological polar surface area (TPSA) is 71.4 Å². The average molecular weight is 345 g/mol. The highest BCUT2D eigenvalue weighted by Crippen LogP contribution is 2.18. The lowest BCUT2D eigenvalue weighted by atomic mass is 10.2. The maximum absolute atomic E-state index is 11.4. The molecule has 1 N–H and O–H groups in total. The minimum absolute atomic E-state index is 0.155. The van der Waals surface area contributed by atoms with Gasteiger partial charge in [-0.2, -0.15) is 5.26 Å². The number of para-hydroxylation sites is 1. The number of nitrogens with zero attached hydrogens (tertiary/aromatic N) is 1. The standard InChI is InChI=1S/C18H17ClN2O3/c19-15-5-7-16(8-6-15)23-11-12-24-17-4-2-1-3-14(17)13-21-18(22)9-10-20/h1-8H,9,11-13H2,(H,21,22). The highest BCUT2D eigenvalue weighted by atomic mass is 35.5. The van der Waals surface area contributed by atoms with Crippen LogP contribution >= 0.6 is 11.6 Å². The number of halogens is 1. The molecule has 6 heteroatoms. The quantitative estimate of drug-likeness (QED) is 0.746. The summed E-state index contributed by atoms with van der Waals surface area (Å²) in [6.07, 6.45) is -0.155. The number of nitriles is 1. The number of ether oxygens (including phenoxy) is 2. The summed E-state index contributed by atoms with van der Waals surface area (Å²) in [5.74, 6) is 1.09. The van der Waals surface area contributed by atoms with Crippen LogP contribution in [0, 0.1) is 11.3 Å². The van der Waals surface area contributed by atoms with Crippen LogP contribution in [-0.4, -0.2) is 19.1 Å². The summed E-state index contributed by atoms with van der Waals surface area (Å²) in [5.41, 5.74) is 0.843. The van der Waals surface area contributed by atoms with Crippen LogP contribution in [0.25, 0.3) is 0 Å². The third-order valence-electron chi connectivity index (χ3n) is 3.11. The van der Waals surface area contributed by atoms with E-state index in [0.717, 1.165) is 11.3 Å². The van der Waals surface area contributed by atoms with E-state index in [0.29, 0.717) is 30.5 Å². The lowest BCUT2D eigenvalue weighted by Crippen LogP contribution is -2.22. The maximum Gasteiger partial charge on any atom is 0.234 e. The second kappa shape index (κ2) is 9.43. The second-order valence-corrected chi connectivity index (χ2v) is 5.31. The van der Waals surface area contributed by atoms with Gasteiger partial charge in [-0.3, -0.25) is 4.79 Å². The van der Waals surface area contributed by atoms with Crippen molar-refractivity contribution in [2.75, 3.05) is 13.2 Å². The van der Waals surface area contributed by atoms with Crippen molar-refractivity contribution >= 4 is 17.5 Å². The monoisotopic (exact) mass is 344 g/mol. The van der Waals surface area contributed by atoms with Crippen molar-refractivity contribution in [1.82, 2.24) is 5.32 Å². The van der Waals surface area contributed by atoms with Gasteiger partial charge in [-0.1, -0.05) is 29.8 Å². The zero-order chi connectivity index (χ0) is 17.2. The highest BCUT2D eigenvalue weighted by molar-refractivity contribution is 6.30. The molecule has 0 aliphatic carbocycles. The second-order valence-electron chi connectivity index (χ2n) is 4.87. The fourth-order valence-electron chi connectivity index (χ4n) is 1.96. The van der Waals surface area contributed by atoms with E-state index in [1.54, 1.807) is 24.3 Å². The number of carbonyl (C=O) groups is 1. The highest BCUT2D eigenvalue weighted by Gasteiger charge is 2.05. The number of amides is 1. The van der Waals surface area contributed by atoms with Gasteiger partial charge in [0.25, 0.3) is 0 Å². The van der Waals surface area contributed by atoms with Gasteiger partial charge in [0.2, 0.25) is 5.91 Å². The Labute approximate surface area is 145 Å². The number of rotatable bonds is 8. The first-order valence-electron chi connectivity index (χ1n) is 7.42. The molecule has 0 radical (unpaired) electrons. The van der Waals surface area contributed by atoms with Crippen LogP contribution in [0.15, 0.2) is 48.5 Å². The van der Waals surface area contributed by atoms with Crippen LogP contribution in [-0.2, 0) is 11.3 Å². The van der Waals surface area contributed by atoms with E-state index in [1.165, 1.54) is 0 Å². The molecule has 0 spiro atoms. The van der Waals surface area contributed by atoms with Gasteiger partial charge in [0.1, 0.15) is 31.1 Å². The Kier molecular flexibility index (Phi) is 6.93. The molecule has 0 bridgehead atoms. The molecular weight excluding hydrogens is 328 g/mol. The summed E-state index contributed by atoms with van der Waals surface area (Å²) in [4.78, 5) is 11.4. The molecule has 0 heterocycles. The fraction of sp³-hybridized carbons (Fsp3) is 0.222. The van der Waals surface area contributed by atoms with Crippen molar-refractivity contribution in [3.05, 3.63) is 59.1 Å². The summed E-state index contributed by atoms with van der Waals surface area (Å²) in [6.45, 7) is 1.07. The van der Waals surface area contributed by atoms with Gasteiger partial charge in [-0.15, -0.1) is 0 Å². The largest absolute Gasteiger partial charge is 0.490 e. The summed E-state index contributed by atoms with van der Waals surface area (Å²) in [5, 5.41) is 11.8. The Bertz CT molecular complexity index is 711. The Hall–Kier alpha value is -2.71. The van der Waals surface area contributed by atoms with Crippen LogP contribution in [0.2, 0.25) is 5.02 Å². The lowest BCUT2D eigenvalue weighted by molar-refractivity contribution is -0.120. The third-order valence-corrected chi connectivity index (χ3v) is 3.36. The first-order valence-corrected chi connectivity index (χ1v) is 7.79. The van der Waals surface area contributed by atoms with Gasteiger partial charge in [0.15, 0.2) is 0 Å². The van der Waals surface area contributed by atoms with Gasteiger partial charge < -0.3 is 14.8 Å². The first-order chi connectivity index (χ1) is 11.7. The molecule has 2 rings (SSSR count). The number of benzene rings is 2. The van der Waals surface area contributed by atoms with E-state index in [2.05, 4.69) is 5.32 Å². The molecule has 24 heavy (non-hydrogen) atoms. The summed E-state index contributed by atoms with van der Waals surface area (Å²) >= 11 is 5.81. The summed E-state index contributed by atoms with van der Waals surface area (Å²) in [6, 6.07) is 16.3. The van der Waals surface area contributed by atoms with Crippen molar-refractivity contribution in [3.63, 3.8) is 0 Å². The molecule has 0 aromatic heterocycles. The Morgan fingerprint density at radius 3 is 2.54 bits per heavy atom. The third kappa shape index (κ3) is 5.82. The van der Waals surface area contributed by atoms with E-state index >= 15 is 0 Å². The molecule has 0 aliphatic rings. The molecule has 0 aliphatic heterocycles. The van der Waals surface area contributed by atoms with Crippen LogP contribution in [0.3, 0.4) is 0 Å². The van der Waals surface area contributed by atoms with Crippen molar-refractivity contribution in [2.45, 2.75) is 13.0 Å². The molecule has 124 valence electrons. The summed E-state index contributed by atoms with van der Waals surface area (Å²) in [7, 11) is 0. The lowest BCUT2D eigenvalue weighted by Gasteiger charge is -2.12. The van der Waals surface area contributed by atoms with Crippen molar-refractivity contribution < 1.29 is 14.3 Å². The van der Waals surface area contributed by atoms with Crippen LogP contribution in [0.4, 0.5) is 0 Å². The Morgan fingerprint density at radius 2 is 1.79 bits per heavy atom. The number of nitrogens with one attached hydrogen (secondary N) is 1. The average Bonchev–Trinajstić information content (AvgIpc) is 2.59. The fourth-order valence-corrected chi connectivity index (χ4v) is 2.09. The van der Waals surface area contributed by atoms with Crippen molar-refractivity contribution in [3.8, 4) is 17.6 Å². The van der Waals surface area contributed by atoms with Crippen LogP contribution < -0.4 is 14.8 Å². The van der Waals surface area contributed by atoms with E-state index in [-0.39, 0.29) is 12.3 Å². The van der Waals surface area contributed by atoms with E-state index in [4.69, 9.17) is 26.3 Å². The van der Waals surface area contributed by atoms with Gasteiger partial charge in [-0.25, -0.2) is 0 Å². The maximum atomic E-state index is 11.4. The molecule has 1 amide bonds. The predicted octanol–water partition coefficient (Wildman–Crippen LogP) is 3.33. The van der Waals surface area contributed by atoms with Crippen molar-refractivity contribution in [1.29, 1.82) is 5.26 Å². The van der Waals surface area contributed by atoms with Gasteiger partial charge >= 0.3 is 0 Å².